The van der Waals surface area contributed by atoms with Crippen LogP contribution in [0.1, 0.15) is 48.3 Å². The van der Waals surface area contributed by atoms with E-state index in [0.29, 0.717) is 5.69 Å². The molecule has 1 N–H and O–H groups in total. The van der Waals surface area contributed by atoms with Gasteiger partial charge in [0.05, 0.1) is 11.2 Å². The fourth-order valence-electron chi connectivity index (χ4n) is 3.77. The molecule has 0 atom stereocenters. The van der Waals surface area contributed by atoms with E-state index in [1.807, 2.05) is 20.0 Å². The minimum absolute atomic E-state index is 0.0335. The fraction of sp³-hybridized carbons (Fsp3) is 0.733. The Bertz CT molecular complexity index is 494. The molecule has 1 aromatic rings. The Morgan fingerprint density at radius 3 is 2.75 bits per heavy atom. The van der Waals surface area contributed by atoms with E-state index in [2.05, 4.69) is 15.3 Å². The topological polar surface area (TPSA) is 50.2 Å². The van der Waals surface area contributed by atoms with Crippen molar-refractivity contribution in [2.75, 3.05) is 19.6 Å². The lowest BCUT2D eigenvalue weighted by molar-refractivity contribution is 0.0213. The van der Waals surface area contributed by atoms with E-state index in [9.17, 15) is 4.79 Å². The molecule has 0 unspecified atom stereocenters. The van der Waals surface area contributed by atoms with Crippen LogP contribution in [-0.2, 0) is 7.05 Å². The van der Waals surface area contributed by atoms with Crippen molar-refractivity contribution in [2.45, 2.75) is 44.6 Å². The highest BCUT2D eigenvalue weighted by Gasteiger charge is 2.42. The minimum Gasteiger partial charge on any atom is -0.329 e. The smallest absolute Gasteiger partial charge is 0.272 e. The molecular weight excluding hydrogens is 252 g/mol. The third-order valence-corrected chi connectivity index (χ3v) is 4.79. The SMILES string of the molecule is Cc1cc(C(=O)N2CCNCC23CCCCC3)n(C)n1. The van der Waals surface area contributed by atoms with E-state index in [1.54, 1.807) is 4.68 Å². The Hall–Kier alpha value is -1.36. The van der Waals surface area contributed by atoms with Crippen molar-refractivity contribution < 1.29 is 4.79 Å². The van der Waals surface area contributed by atoms with Gasteiger partial charge in [0, 0.05) is 26.7 Å². The predicted octanol–water partition coefficient (Wildman–Crippen LogP) is 1.48. The Morgan fingerprint density at radius 2 is 2.10 bits per heavy atom. The van der Waals surface area contributed by atoms with Gasteiger partial charge in [-0.05, 0) is 25.8 Å². The van der Waals surface area contributed by atoms with E-state index >= 15 is 0 Å². The van der Waals surface area contributed by atoms with Gasteiger partial charge in [-0.25, -0.2) is 0 Å². The second kappa shape index (κ2) is 5.20. The number of nitrogens with one attached hydrogen (secondary N) is 1. The van der Waals surface area contributed by atoms with Crippen LogP contribution in [0.15, 0.2) is 6.07 Å². The average Bonchev–Trinajstić information content (AvgIpc) is 2.78. The molecule has 2 aliphatic rings. The summed E-state index contributed by atoms with van der Waals surface area (Å²) in [4.78, 5) is 15.1. The summed E-state index contributed by atoms with van der Waals surface area (Å²) in [6.45, 7) is 4.58. The quantitative estimate of drug-likeness (QED) is 0.845. The number of piperazine rings is 1. The molecule has 1 aliphatic carbocycles. The van der Waals surface area contributed by atoms with Crippen LogP contribution in [0.4, 0.5) is 0 Å². The number of carbonyl (C=O) groups excluding carboxylic acids is 1. The van der Waals surface area contributed by atoms with Gasteiger partial charge < -0.3 is 10.2 Å². The second-order valence-corrected chi connectivity index (χ2v) is 6.21. The maximum Gasteiger partial charge on any atom is 0.272 e. The molecule has 0 bridgehead atoms. The van der Waals surface area contributed by atoms with Gasteiger partial charge in [0.25, 0.3) is 5.91 Å². The van der Waals surface area contributed by atoms with E-state index < -0.39 is 0 Å². The number of amides is 1. The molecule has 110 valence electrons. The van der Waals surface area contributed by atoms with Gasteiger partial charge in [-0.2, -0.15) is 5.10 Å². The van der Waals surface area contributed by atoms with Crippen molar-refractivity contribution in [3.05, 3.63) is 17.5 Å². The number of aryl methyl sites for hydroxylation is 2. The Balaban J connectivity index is 1.89. The molecule has 1 amide bonds. The predicted molar refractivity (Wildman–Crippen MR) is 77.7 cm³/mol. The molecule has 1 saturated carbocycles. The van der Waals surface area contributed by atoms with Gasteiger partial charge in [-0.3, -0.25) is 9.48 Å². The van der Waals surface area contributed by atoms with Crippen LogP contribution >= 0.6 is 0 Å². The van der Waals surface area contributed by atoms with Crippen molar-refractivity contribution in [1.82, 2.24) is 20.0 Å². The molecule has 0 aromatic carbocycles. The van der Waals surface area contributed by atoms with Crippen molar-refractivity contribution >= 4 is 5.91 Å². The molecular formula is C15H24N4O. The van der Waals surface area contributed by atoms with Gasteiger partial charge in [0.2, 0.25) is 0 Å². The molecule has 1 aliphatic heterocycles. The van der Waals surface area contributed by atoms with E-state index in [-0.39, 0.29) is 11.4 Å². The van der Waals surface area contributed by atoms with Crippen LogP contribution in [0.2, 0.25) is 0 Å². The third kappa shape index (κ3) is 2.24. The largest absolute Gasteiger partial charge is 0.329 e. The molecule has 5 nitrogen and oxygen atoms in total. The normalized spacial score (nSPS) is 22.2. The Kier molecular flexibility index (Phi) is 3.54. The van der Waals surface area contributed by atoms with Crippen LogP contribution in [0.3, 0.4) is 0 Å². The first-order valence-electron chi connectivity index (χ1n) is 7.66. The highest BCUT2D eigenvalue weighted by Crippen LogP contribution is 2.35. The van der Waals surface area contributed by atoms with Crippen LogP contribution in [0.25, 0.3) is 0 Å². The van der Waals surface area contributed by atoms with Crippen molar-refractivity contribution in [1.29, 1.82) is 0 Å². The number of carbonyl (C=O) groups is 1. The van der Waals surface area contributed by atoms with Gasteiger partial charge in [-0.1, -0.05) is 19.3 Å². The molecule has 20 heavy (non-hydrogen) atoms. The summed E-state index contributed by atoms with van der Waals surface area (Å²) in [5.74, 6) is 0.150. The lowest BCUT2D eigenvalue weighted by atomic mass is 9.79. The van der Waals surface area contributed by atoms with Gasteiger partial charge in [0.15, 0.2) is 0 Å². The fourth-order valence-corrected chi connectivity index (χ4v) is 3.77. The number of nitrogens with zero attached hydrogens (tertiary/aromatic N) is 3. The number of rotatable bonds is 1. The van der Waals surface area contributed by atoms with Crippen molar-refractivity contribution in [3.8, 4) is 0 Å². The summed E-state index contributed by atoms with van der Waals surface area (Å²) in [6.07, 6.45) is 6.02. The summed E-state index contributed by atoms with van der Waals surface area (Å²) >= 11 is 0. The van der Waals surface area contributed by atoms with E-state index in [1.165, 1.54) is 19.3 Å². The molecule has 2 heterocycles. The van der Waals surface area contributed by atoms with Crippen molar-refractivity contribution in [2.24, 2.45) is 7.05 Å². The number of hydrogen-bond acceptors (Lipinski definition) is 3. The maximum atomic E-state index is 12.9. The molecule has 1 spiro atoms. The van der Waals surface area contributed by atoms with Gasteiger partial charge in [-0.15, -0.1) is 0 Å². The molecule has 2 fully saturated rings. The third-order valence-electron chi connectivity index (χ3n) is 4.79. The summed E-state index contributed by atoms with van der Waals surface area (Å²) in [5, 5.41) is 7.80. The second-order valence-electron chi connectivity index (χ2n) is 6.21. The zero-order valence-corrected chi connectivity index (χ0v) is 12.5. The number of aromatic nitrogens is 2. The van der Waals surface area contributed by atoms with Gasteiger partial charge in [0.1, 0.15) is 5.69 Å². The molecule has 1 aromatic heterocycles. The Labute approximate surface area is 120 Å². The van der Waals surface area contributed by atoms with Crippen LogP contribution < -0.4 is 5.32 Å². The van der Waals surface area contributed by atoms with E-state index in [4.69, 9.17) is 0 Å². The monoisotopic (exact) mass is 276 g/mol. The first-order chi connectivity index (χ1) is 9.62. The minimum atomic E-state index is 0.0335. The zero-order valence-electron chi connectivity index (χ0n) is 12.5. The molecule has 0 radical (unpaired) electrons. The maximum absolute atomic E-state index is 12.9. The van der Waals surface area contributed by atoms with E-state index in [0.717, 1.165) is 38.2 Å². The molecule has 3 rings (SSSR count). The average molecular weight is 276 g/mol. The molecule has 1 saturated heterocycles. The first kappa shape index (κ1) is 13.6. The van der Waals surface area contributed by atoms with Crippen LogP contribution in [0, 0.1) is 6.92 Å². The Morgan fingerprint density at radius 1 is 1.35 bits per heavy atom. The summed E-state index contributed by atoms with van der Waals surface area (Å²) in [5.41, 5.74) is 1.66. The summed E-state index contributed by atoms with van der Waals surface area (Å²) < 4.78 is 1.72. The highest BCUT2D eigenvalue weighted by molar-refractivity contribution is 5.93. The molecule has 5 heteroatoms. The summed E-state index contributed by atoms with van der Waals surface area (Å²) in [7, 11) is 1.86. The summed E-state index contributed by atoms with van der Waals surface area (Å²) in [6, 6.07) is 1.90. The van der Waals surface area contributed by atoms with Crippen LogP contribution in [-0.4, -0.2) is 45.8 Å². The lowest BCUT2D eigenvalue weighted by Crippen LogP contribution is -2.63. The first-order valence-corrected chi connectivity index (χ1v) is 7.66. The lowest BCUT2D eigenvalue weighted by Gasteiger charge is -2.49. The number of hydrogen-bond donors (Lipinski definition) is 1. The van der Waals surface area contributed by atoms with Gasteiger partial charge >= 0.3 is 0 Å². The highest BCUT2D eigenvalue weighted by atomic mass is 16.2. The van der Waals surface area contributed by atoms with Crippen LogP contribution in [0.5, 0.6) is 0 Å². The standard InChI is InChI=1S/C15H24N4O/c1-12-10-13(18(2)17-12)14(20)19-9-8-16-11-15(19)6-4-3-5-7-15/h10,16H,3-9,11H2,1-2H3. The van der Waals surface area contributed by atoms with Crippen molar-refractivity contribution in [3.63, 3.8) is 0 Å². The zero-order chi connectivity index (χ0) is 14.2.